The predicted octanol–water partition coefficient (Wildman–Crippen LogP) is 1.32. The number of hydrogen-bond acceptors (Lipinski definition) is 6. The number of carbonyl (C=O) groups is 1. The first-order chi connectivity index (χ1) is 8.56. The normalized spacial score (nSPS) is 16.7. The van der Waals surface area contributed by atoms with Crippen molar-refractivity contribution in [3.63, 3.8) is 0 Å². The summed E-state index contributed by atoms with van der Waals surface area (Å²) in [4.78, 5) is 15.9. The summed E-state index contributed by atoms with van der Waals surface area (Å²) in [6, 6.07) is 2.92. The van der Waals surface area contributed by atoms with Crippen molar-refractivity contribution < 1.29 is 19.1 Å². The van der Waals surface area contributed by atoms with E-state index in [-0.39, 0.29) is 17.4 Å². The van der Waals surface area contributed by atoms with E-state index in [1.54, 1.807) is 0 Å². The summed E-state index contributed by atoms with van der Waals surface area (Å²) in [6.45, 7) is 0. The minimum Gasteiger partial charge on any atom is -0.506 e. The van der Waals surface area contributed by atoms with E-state index >= 15 is 0 Å². The van der Waals surface area contributed by atoms with Gasteiger partial charge in [-0.3, -0.25) is 4.79 Å². The quantitative estimate of drug-likeness (QED) is 0.472. The van der Waals surface area contributed by atoms with Crippen molar-refractivity contribution in [3.05, 3.63) is 18.0 Å². The molecule has 2 aromatic rings. The molecule has 1 heterocycles. The number of nitrogens with two attached hydrogens (primary N) is 1. The Morgan fingerprint density at radius 1 is 1.56 bits per heavy atom. The van der Waals surface area contributed by atoms with Crippen molar-refractivity contribution in [2.24, 2.45) is 0 Å². The molecule has 1 aromatic heterocycles. The van der Waals surface area contributed by atoms with Gasteiger partial charge in [0, 0.05) is 12.1 Å². The van der Waals surface area contributed by atoms with Gasteiger partial charge < -0.3 is 20.0 Å². The van der Waals surface area contributed by atoms with Crippen LogP contribution in [-0.2, 0) is 14.9 Å². The average molecular weight is 248 g/mol. The van der Waals surface area contributed by atoms with Gasteiger partial charge in [0.2, 0.25) is 5.89 Å². The van der Waals surface area contributed by atoms with Crippen molar-refractivity contribution in [1.82, 2.24) is 4.98 Å². The largest absolute Gasteiger partial charge is 0.506 e. The van der Waals surface area contributed by atoms with E-state index in [1.165, 1.54) is 19.2 Å². The van der Waals surface area contributed by atoms with E-state index in [4.69, 9.17) is 14.9 Å². The Hall–Kier alpha value is -2.24. The third kappa shape index (κ3) is 1.35. The zero-order chi connectivity index (χ0) is 12.9. The van der Waals surface area contributed by atoms with E-state index in [2.05, 4.69) is 4.98 Å². The molecule has 1 aliphatic carbocycles. The number of carbonyl (C=O) groups excluding carboxylic acids is 1. The number of nitrogens with zero attached hydrogens (tertiary/aromatic N) is 1. The number of methoxy groups -OCH3 is 1. The van der Waals surface area contributed by atoms with Crippen LogP contribution in [0.3, 0.4) is 0 Å². The number of aromatic hydroxyl groups is 1. The Balaban J connectivity index is 2.12. The number of benzene rings is 1. The molecular formula is C12H12N2O4. The Morgan fingerprint density at radius 2 is 2.28 bits per heavy atom. The van der Waals surface area contributed by atoms with Crippen LogP contribution < -0.4 is 5.73 Å². The average Bonchev–Trinajstić information content (AvgIpc) is 3.06. The first kappa shape index (κ1) is 10.9. The van der Waals surface area contributed by atoms with Gasteiger partial charge in [0.15, 0.2) is 5.58 Å². The SMILES string of the molecule is COC(=O)C1(c2nc3cc(O)c(N)cc3o2)CC1. The fourth-order valence-electron chi connectivity index (χ4n) is 2.01. The van der Waals surface area contributed by atoms with Crippen molar-refractivity contribution >= 4 is 22.8 Å². The van der Waals surface area contributed by atoms with Gasteiger partial charge in [-0.15, -0.1) is 0 Å². The predicted molar refractivity (Wildman–Crippen MR) is 63.0 cm³/mol. The van der Waals surface area contributed by atoms with Crippen LogP contribution in [0.2, 0.25) is 0 Å². The molecule has 1 aromatic carbocycles. The van der Waals surface area contributed by atoms with Crippen LogP contribution in [-0.4, -0.2) is 23.2 Å². The van der Waals surface area contributed by atoms with Crippen LogP contribution in [0.15, 0.2) is 16.5 Å². The van der Waals surface area contributed by atoms with Crippen LogP contribution in [0.1, 0.15) is 18.7 Å². The zero-order valence-corrected chi connectivity index (χ0v) is 9.77. The molecular weight excluding hydrogens is 236 g/mol. The number of esters is 1. The fraction of sp³-hybridized carbons (Fsp3) is 0.333. The summed E-state index contributed by atoms with van der Waals surface area (Å²) in [7, 11) is 1.34. The van der Waals surface area contributed by atoms with Crippen LogP contribution in [0, 0.1) is 0 Å². The van der Waals surface area contributed by atoms with Gasteiger partial charge in [-0.05, 0) is 12.8 Å². The molecule has 18 heavy (non-hydrogen) atoms. The van der Waals surface area contributed by atoms with Crippen LogP contribution >= 0.6 is 0 Å². The van der Waals surface area contributed by atoms with Gasteiger partial charge in [0.05, 0.1) is 12.8 Å². The van der Waals surface area contributed by atoms with Gasteiger partial charge in [-0.1, -0.05) is 0 Å². The van der Waals surface area contributed by atoms with E-state index in [0.29, 0.717) is 29.8 Å². The summed E-state index contributed by atoms with van der Waals surface area (Å²) in [5.41, 5.74) is 5.97. The van der Waals surface area contributed by atoms with E-state index in [9.17, 15) is 9.90 Å². The molecule has 0 radical (unpaired) electrons. The zero-order valence-electron chi connectivity index (χ0n) is 9.77. The third-order valence-electron chi connectivity index (χ3n) is 3.27. The lowest BCUT2D eigenvalue weighted by molar-refractivity contribution is -0.144. The molecule has 0 unspecified atom stereocenters. The number of phenolic OH excluding ortho intramolecular Hbond substituents is 1. The molecule has 6 heteroatoms. The second-order valence-corrected chi connectivity index (χ2v) is 4.47. The molecule has 1 aliphatic rings. The van der Waals surface area contributed by atoms with Crippen molar-refractivity contribution in [3.8, 4) is 5.75 Å². The molecule has 0 atom stereocenters. The van der Waals surface area contributed by atoms with Gasteiger partial charge in [0.25, 0.3) is 0 Å². The summed E-state index contributed by atoms with van der Waals surface area (Å²) in [5, 5.41) is 9.50. The summed E-state index contributed by atoms with van der Waals surface area (Å²) in [6.07, 6.45) is 1.32. The van der Waals surface area contributed by atoms with Crippen molar-refractivity contribution in [2.45, 2.75) is 18.3 Å². The van der Waals surface area contributed by atoms with Gasteiger partial charge in [-0.2, -0.15) is 0 Å². The topological polar surface area (TPSA) is 98.6 Å². The summed E-state index contributed by atoms with van der Waals surface area (Å²) in [5.74, 6) is -0.0640. The number of hydrogen-bond donors (Lipinski definition) is 2. The molecule has 0 spiro atoms. The minimum atomic E-state index is -0.752. The maximum absolute atomic E-state index is 11.7. The van der Waals surface area contributed by atoms with Gasteiger partial charge >= 0.3 is 5.97 Å². The molecule has 0 bridgehead atoms. The highest BCUT2D eigenvalue weighted by Crippen LogP contribution is 2.49. The molecule has 3 rings (SSSR count). The molecule has 1 fully saturated rings. The molecule has 0 amide bonds. The fourth-order valence-corrected chi connectivity index (χ4v) is 2.01. The van der Waals surface area contributed by atoms with Crippen LogP contribution in [0.4, 0.5) is 5.69 Å². The number of phenols is 1. The maximum Gasteiger partial charge on any atom is 0.321 e. The lowest BCUT2D eigenvalue weighted by Gasteiger charge is -2.06. The minimum absolute atomic E-state index is 0.0507. The highest BCUT2D eigenvalue weighted by Gasteiger charge is 2.57. The highest BCUT2D eigenvalue weighted by atomic mass is 16.5. The molecule has 1 saturated carbocycles. The number of oxazole rings is 1. The molecule has 94 valence electrons. The number of ether oxygens (including phenoxy) is 1. The first-order valence-corrected chi connectivity index (χ1v) is 5.55. The number of fused-ring (bicyclic) bond motifs is 1. The Morgan fingerprint density at radius 3 is 2.89 bits per heavy atom. The van der Waals surface area contributed by atoms with Crippen molar-refractivity contribution in [2.75, 3.05) is 12.8 Å². The third-order valence-corrected chi connectivity index (χ3v) is 3.27. The Kier molecular flexibility index (Phi) is 2.04. The highest BCUT2D eigenvalue weighted by molar-refractivity contribution is 5.87. The van der Waals surface area contributed by atoms with Crippen LogP contribution in [0.5, 0.6) is 5.75 Å². The van der Waals surface area contributed by atoms with Gasteiger partial charge in [0.1, 0.15) is 16.7 Å². The number of nitrogen functional groups attached to an aromatic ring is 1. The first-order valence-electron chi connectivity index (χ1n) is 5.55. The lowest BCUT2D eigenvalue weighted by Crippen LogP contribution is -2.22. The Bertz CT molecular complexity index is 604. The van der Waals surface area contributed by atoms with E-state index in [1.807, 2.05) is 0 Å². The van der Waals surface area contributed by atoms with Gasteiger partial charge in [-0.25, -0.2) is 4.98 Å². The number of anilines is 1. The van der Waals surface area contributed by atoms with Crippen molar-refractivity contribution in [1.29, 1.82) is 0 Å². The second kappa shape index (κ2) is 3.38. The molecule has 0 aliphatic heterocycles. The molecule has 6 nitrogen and oxygen atoms in total. The number of rotatable bonds is 2. The lowest BCUT2D eigenvalue weighted by atomic mass is 10.1. The molecule has 3 N–H and O–H groups in total. The monoisotopic (exact) mass is 248 g/mol. The molecule has 0 saturated heterocycles. The Labute approximate surface area is 102 Å². The number of aromatic nitrogens is 1. The standard InChI is InChI=1S/C12H12N2O4/c1-17-11(16)12(2-3-12)10-14-7-5-8(15)6(13)4-9(7)18-10/h4-5,15H,2-3,13H2,1H3. The van der Waals surface area contributed by atoms with E-state index < -0.39 is 5.41 Å². The van der Waals surface area contributed by atoms with E-state index in [0.717, 1.165) is 0 Å². The maximum atomic E-state index is 11.7. The van der Waals surface area contributed by atoms with Crippen LogP contribution in [0.25, 0.3) is 11.1 Å². The second-order valence-electron chi connectivity index (χ2n) is 4.47. The summed E-state index contributed by atoms with van der Waals surface area (Å²) < 4.78 is 10.3. The summed E-state index contributed by atoms with van der Waals surface area (Å²) >= 11 is 0. The smallest absolute Gasteiger partial charge is 0.321 e.